The Morgan fingerprint density at radius 1 is 1.32 bits per heavy atom. The van der Waals surface area contributed by atoms with Gasteiger partial charge in [-0.15, -0.1) is 0 Å². The minimum Gasteiger partial charge on any atom is -0.464 e. The van der Waals surface area contributed by atoms with E-state index in [1.165, 1.54) is 0 Å². The van der Waals surface area contributed by atoms with Gasteiger partial charge in [0.05, 0.1) is 11.7 Å². The zero-order valence-electron chi connectivity index (χ0n) is 13.0. The summed E-state index contributed by atoms with van der Waals surface area (Å²) in [6.45, 7) is 5.08. The lowest BCUT2D eigenvalue weighted by Crippen LogP contribution is -2.30. The van der Waals surface area contributed by atoms with Crippen molar-refractivity contribution in [3.63, 3.8) is 0 Å². The summed E-state index contributed by atoms with van der Waals surface area (Å²) in [4.78, 5) is 6.73. The SMILES string of the molecule is CCCCN1C(=S)N[C@@H](c2ccccn2)[C@H]1c1ccc(C)o1. The molecule has 0 amide bonds. The molecule has 0 aliphatic carbocycles. The molecule has 3 heterocycles. The van der Waals surface area contributed by atoms with E-state index in [4.69, 9.17) is 16.6 Å². The van der Waals surface area contributed by atoms with Crippen molar-refractivity contribution in [2.45, 2.75) is 38.8 Å². The van der Waals surface area contributed by atoms with Crippen LogP contribution in [0.4, 0.5) is 0 Å². The highest BCUT2D eigenvalue weighted by molar-refractivity contribution is 7.80. The summed E-state index contributed by atoms with van der Waals surface area (Å²) in [5.74, 6) is 1.86. The zero-order chi connectivity index (χ0) is 15.5. The molecule has 0 bridgehead atoms. The van der Waals surface area contributed by atoms with E-state index >= 15 is 0 Å². The molecule has 4 nitrogen and oxygen atoms in total. The molecule has 2 aromatic rings. The second-order valence-electron chi connectivity index (χ2n) is 5.62. The second kappa shape index (κ2) is 6.48. The first-order chi connectivity index (χ1) is 10.7. The van der Waals surface area contributed by atoms with Gasteiger partial charge in [-0.3, -0.25) is 4.98 Å². The van der Waals surface area contributed by atoms with Crippen LogP contribution in [-0.4, -0.2) is 21.5 Å². The van der Waals surface area contributed by atoms with Gasteiger partial charge >= 0.3 is 0 Å². The standard InChI is InChI=1S/C17H21N3OS/c1-3-4-11-20-16(14-9-8-12(2)21-14)15(19-17(20)22)13-7-5-6-10-18-13/h5-10,15-16H,3-4,11H2,1-2H3,(H,19,22)/t15-,16+/m0/s1. The van der Waals surface area contributed by atoms with Crippen molar-refractivity contribution >= 4 is 17.3 Å². The molecule has 0 aromatic carbocycles. The number of hydrogen-bond donors (Lipinski definition) is 1. The molecular formula is C17H21N3OS. The molecular weight excluding hydrogens is 294 g/mol. The molecule has 116 valence electrons. The molecule has 0 spiro atoms. The predicted octanol–water partition coefficient (Wildman–Crippen LogP) is 3.76. The predicted molar refractivity (Wildman–Crippen MR) is 90.5 cm³/mol. The molecule has 0 saturated carbocycles. The second-order valence-corrected chi connectivity index (χ2v) is 6.01. The largest absolute Gasteiger partial charge is 0.464 e. The number of thiocarbonyl (C=S) groups is 1. The highest BCUT2D eigenvalue weighted by Crippen LogP contribution is 2.39. The van der Waals surface area contributed by atoms with Crippen LogP contribution in [0.1, 0.15) is 49.1 Å². The Hall–Kier alpha value is -1.88. The van der Waals surface area contributed by atoms with Gasteiger partial charge in [-0.05, 0) is 49.8 Å². The van der Waals surface area contributed by atoms with Gasteiger partial charge in [0.1, 0.15) is 17.6 Å². The molecule has 1 aliphatic rings. The summed E-state index contributed by atoms with van der Waals surface area (Å²) in [7, 11) is 0. The van der Waals surface area contributed by atoms with Crippen LogP contribution in [0.5, 0.6) is 0 Å². The molecule has 3 rings (SSSR count). The topological polar surface area (TPSA) is 41.3 Å². The molecule has 22 heavy (non-hydrogen) atoms. The van der Waals surface area contributed by atoms with Gasteiger partial charge in [0, 0.05) is 12.7 Å². The smallest absolute Gasteiger partial charge is 0.170 e. The van der Waals surface area contributed by atoms with E-state index in [1.54, 1.807) is 0 Å². The monoisotopic (exact) mass is 315 g/mol. The number of aromatic nitrogens is 1. The fraction of sp³-hybridized carbons (Fsp3) is 0.412. The number of nitrogens with zero attached hydrogens (tertiary/aromatic N) is 2. The quantitative estimate of drug-likeness (QED) is 0.851. The summed E-state index contributed by atoms with van der Waals surface area (Å²) in [5, 5.41) is 4.20. The molecule has 0 unspecified atom stereocenters. The minimum atomic E-state index is 0.0242. The Morgan fingerprint density at radius 2 is 2.18 bits per heavy atom. The normalized spacial score (nSPS) is 21.2. The van der Waals surface area contributed by atoms with Crippen molar-refractivity contribution in [3.8, 4) is 0 Å². The Labute approximate surface area is 136 Å². The molecule has 1 aliphatic heterocycles. The molecule has 1 N–H and O–H groups in total. The molecule has 2 aromatic heterocycles. The fourth-order valence-electron chi connectivity index (χ4n) is 2.90. The summed E-state index contributed by atoms with van der Waals surface area (Å²) < 4.78 is 5.91. The Balaban J connectivity index is 1.96. The van der Waals surface area contributed by atoms with E-state index in [9.17, 15) is 0 Å². The van der Waals surface area contributed by atoms with Crippen molar-refractivity contribution in [1.29, 1.82) is 0 Å². The van der Waals surface area contributed by atoms with Crippen molar-refractivity contribution in [3.05, 3.63) is 53.7 Å². The number of hydrogen-bond acceptors (Lipinski definition) is 3. The number of pyridine rings is 1. The summed E-state index contributed by atoms with van der Waals surface area (Å²) >= 11 is 5.56. The van der Waals surface area contributed by atoms with E-state index in [0.717, 1.165) is 41.7 Å². The van der Waals surface area contributed by atoms with Crippen LogP contribution in [0, 0.1) is 6.92 Å². The summed E-state index contributed by atoms with van der Waals surface area (Å²) in [6, 6.07) is 10.1. The van der Waals surface area contributed by atoms with E-state index in [0.29, 0.717) is 0 Å². The van der Waals surface area contributed by atoms with Gasteiger partial charge in [0.15, 0.2) is 5.11 Å². The van der Waals surface area contributed by atoms with Crippen LogP contribution in [-0.2, 0) is 0 Å². The van der Waals surface area contributed by atoms with Gasteiger partial charge in [0.25, 0.3) is 0 Å². The molecule has 5 heteroatoms. The number of furan rings is 1. The van der Waals surface area contributed by atoms with Crippen molar-refractivity contribution in [2.75, 3.05) is 6.54 Å². The van der Waals surface area contributed by atoms with Gasteiger partial charge < -0.3 is 14.6 Å². The molecule has 2 atom stereocenters. The first kappa shape index (κ1) is 15.0. The van der Waals surface area contributed by atoms with Crippen LogP contribution >= 0.6 is 12.2 Å². The lowest BCUT2D eigenvalue weighted by atomic mass is 10.0. The number of rotatable bonds is 5. The fourth-order valence-corrected chi connectivity index (χ4v) is 3.23. The first-order valence-corrected chi connectivity index (χ1v) is 8.16. The lowest BCUT2D eigenvalue weighted by molar-refractivity contribution is 0.266. The highest BCUT2D eigenvalue weighted by Gasteiger charge is 2.41. The van der Waals surface area contributed by atoms with Gasteiger partial charge in [-0.25, -0.2) is 0 Å². The number of aryl methyl sites for hydroxylation is 1. The third-order valence-corrected chi connectivity index (χ3v) is 4.36. The van der Waals surface area contributed by atoms with Crippen LogP contribution in [0.15, 0.2) is 40.9 Å². The molecule has 1 fully saturated rings. The third-order valence-electron chi connectivity index (χ3n) is 4.00. The Kier molecular flexibility index (Phi) is 4.43. The summed E-state index contributed by atoms with van der Waals surface area (Å²) in [5.41, 5.74) is 0.989. The van der Waals surface area contributed by atoms with Crippen molar-refractivity contribution in [2.24, 2.45) is 0 Å². The highest BCUT2D eigenvalue weighted by atomic mass is 32.1. The number of unbranched alkanes of at least 4 members (excludes halogenated alkanes) is 1. The average molecular weight is 315 g/mol. The Morgan fingerprint density at radius 3 is 2.82 bits per heavy atom. The number of nitrogens with one attached hydrogen (secondary N) is 1. The molecule has 1 saturated heterocycles. The van der Waals surface area contributed by atoms with Crippen LogP contribution in [0.25, 0.3) is 0 Å². The minimum absolute atomic E-state index is 0.0242. The van der Waals surface area contributed by atoms with Crippen LogP contribution in [0.3, 0.4) is 0 Å². The van der Waals surface area contributed by atoms with E-state index in [2.05, 4.69) is 22.1 Å². The van der Waals surface area contributed by atoms with E-state index in [-0.39, 0.29) is 12.1 Å². The first-order valence-electron chi connectivity index (χ1n) is 7.75. The van der Waals surface area contributed by atoms with Crippen LogP contribution < -0.4 is 5.32 Å². The third kappa shape index (κ3) is 2.86. The Bertz CT molecular complexity index is 640. The van der Waals surface area contributed by atoms with Gasteiger partial charge in [0.2, 0.25) is 0 Å². The molecule has 0 radical (unpaired) electrons. The van der Waals surface area contributed by atoms with Crippen molar-refractivity contribution < 1.29 is 4.42 Å². The lowest BCUT2D eigenvalue weighted by Gasteiger charge is -2.25. The van der Waals surface area contributed by atoms with Gasteiger partial charge in [-0.2, -0.15) is 0 Å². The van der Waals surface area contributed by atoms with Crippen molar-refractivity contribution in [1.82, 2.24) is 15.2 Å². The average Bonchev–Trinajstić information content (AvgIpc) is 3.09. The van der Waals surface area contributed by atoms with E-state index < -0.39 is 0 Å². The van der Waals surface area contributed by atoms with E-state index in [1.807, 2.05) is 43.5 Å². The maximum absolute atomic E-state index is 5.91. The van der Waals surface area contributed by atoms with Gasteiger partial charge in [-0.1, -0.05) is 19.4 Å². The maximum Gasteiger partial charge on any atom is 0.170 e. The maximum atomic E-state index is 5.91. The van der Waals surface area contributed by atoms with Crippen LogP contribution in [0.2, 0.25) is 0 Å². The zero-order valence-corrected chi connectivity index (χ0v) is 13.8. The summed E-state index contributed by atoms with van der Waals surface area (Å²) in [6.07, 6.45) is 4.06.